The first-order valence-electron chi connectivity index (χ1n) is 6.91. The van der Waals surface area contributed by atoms with Crippen LogP contribution in [0, 0.1) is 6.92 Å². The van der Waals surface area contributed by atoms with E-state index in [2.05, 4.69) is 36.6 Å². The number of benzene rings is 2. The molecule has 2 aromatic carbocycles. The summed E-state index contributed by atoms with van der Waals surface area (Å²) < 4.78 is 2.13. The minimum absolute atomic E-state index is 0.0727. The van der Waals surface area contributed by atoms with Crippen LogP contribution in [0.2, 0.25) is 0 Å². The SMILES string of the molecule is CCc1cccc(C)c1-n1ccc(=O)c2ccccc21. The van der Waals surface area contributed by atoms with Gasteiger partial charge >= 0.3 is 0 Å². The predicted molar refractivity (Wildman–Crippen MR) is 83.7 cm³/mol. The van der Waals surface area contributed by atoms with E-state index >= 15 is 0 Å². The van der Waals surface area contributed by atoms with Crippen LogP contribution >= 0.6 is 0 Å². The third-order valence-corrected chi connectivity index (χ3v) is 3.75. The summed E-state index contributed by atoms with van der Waals surface area (Å²) in [4.78, 5) is 12.0. The fraction of sp³-hybridized carbons (Fsp3) is 0.167. The van der Waals surface area contributed by atoms with E-state index in [0.29, 0.717) is 0 Å². The van der Waals surface area contributed by atoms with E-state index in [1.54, 1.807) is 6.07 Å². The van der Waals surface area contributed by atoms with E-state index in [9.17, 15) is 4.79 Å². The van der Waals surface area contributed by atoms with Crippen molar-refractivity contribution in [2.24, 2.45) is 0 Å². The van der Waals surface area contributed by atoms with Crippen LogP contribution in [0.3, 0.4) is 0 Å². The van der Waals surface area contributed by atoms with E-state index in [-0.39, 0.29) is 5.43 Å². The van der Waals surface area contributed by atoms with Gasteiger partial charge in [0.15, 0.2) is 5.43 Å². The van der Waals surface area contributed by atoms with Gasteiger partial charge in [-0.25, -0.2) is 0 Å². The molecule has 0 unspecified atom stereocenters. The lowest BCUT2D eigenvalue weighted by Crippen LogP contribution is -2.09. The second kappa shape index (κ2) is 4.97. The molecule has 0 aliphatic carbocycles. The molecule has 1 heterocycles. The monoisotopic (exact) mass is 263 g/mol. The molecule has 0 radical (unpaired) electrons. The van der Waals surface area contributed by atoms with Gasteiger partial charge in [-0.3, -0.25) is 4.79 Å². The summed E-state index contributed by atoms with van der Waals surface area (Å²) in [5.41, 5.74) is 4.73. The summed E-state index contributed by atoms with van der Waals surface area (Å²) in [5, 5.41) is 0.764. The van der Waals surface area contributed by atoms with Gasteiger partial charge < -0.3 is 4.57 Å². The first-order chi connectivity index (χ1) is 9.72. The minimum Gasteiger partial charge on any atom is -0.316 e. The van der Waals surface area contributed by atoms with Crippen LogP contribution in [0.15, 0.2) is 59.5 Å². The molecular formula is C18H17NO. The van der Waals surface area contributed by atoms with E-state index in [0.717, 1.165) is 17.3 Å². The molecule has 3 rings (SSSR count). The highest BCUT2D eigenvalue weighted by Crippen LogP contribution is 2.23. The van der Waals surface area contributed by atoms with Gasteiger partial charge in [0.25, 0.3) is 0 Å². The van der Waals surface area contributed by atoms with Crippen LogP contribution in [0.5, 0.6) is 0 Å². The van der Waals surface area contributed by atoms with Crippen molar-refractivity contribution in [3.05, 3.63) is 76.1 Å². The van der Waals surface area contributed by atoms with Gasteiger partial charge in [0.2, 0.25) is 0 Å². The Morgan fingerprint density at radius 1 is 1.00 bits per heavy atom. The van der Waals surface area contributed by atoms with Gasteiger partial charge in [0.1, 0.15) is 0 Å². The van der Waals surface area contributed by atoms with Crippen molar-refractivity contribution in [2.45, 2.75) is 20.3 Å². The smallest absolute Gasteiger partial charge is 0.189 e. The van der Waals surface area contributed by atoms with Crippen LogP contribution in [-0.2, 0) is 6.42 Å². The van der Waals surface area contributed by atoms with E-state index < -0.39 is 0 Å². The van der Waals surface area contributed by atoms with Crippen molar-refractivity contribution in [3.63, 3.8) is 0 Å². The first kappa shape index (κ1) is 12.7. The highest BCUT2D eigenvalue weighted by Gasteiger charge is 2.09. The Balaban J connectivity index is 2.42. The van der Waals surface area contributed by atoms with Crippen LogP contribution < -0.4 is 5.43 Å². The number of aryl methyl sites for hydroxylation is 2. The Bertz CT molecular complexity index is 830. The van der Waals surface area contributed by atoms with Crippen molar-refractivity contribution in [3.8, 4) is 5.69 Å². The molecule has 0 saturated carbocycles. The number of aromatic nitrogens is 1. The number of fused-ring (bicyclic) bond motifs is 1. The molecule has 0 saturated heterocycles. The lowest BCUT2D eigenvalue weighted by Gasteiger charge is -2.17. The average Bonchev–Trinajstić information content (AvgIpc) is 2.48. The highest BCUT2D eigenvalue weighted by atomic mass is 16.1. The topological polar surface area (TPSA) is 22.0 Å². The zero-order valence-electron chi connectivity index (χ0n) is 11.8. The number of nitrogens with zero attached hydrogens (tertiary/aromatic N) is 1. The summed E-state index contributed by atoms with van der Waals surface area (Å²) in [7, 11) is 0. The predicted octanol–water partition coefficient (Wildman–Crippen LogP) is 3.86. The van der Waals surface area contributed by atoms with Crippen molar-refractivity contribution >= 4 is 10.9 Å². The Labute approximate surface area is 118 Å². The average molecular weight is 263 g/mol. The summed E-state index contributed by atoms with van der Waals surface area (Å²) >= 11 is 0. The summed E-state index contributed by atoms with van der Waals surface area (Å²) in [5.74, 6) is 0. The third-order valence-electron chi connectivity index (χ3n) is 3.75. The molecular weight excluding hydrogens is 246 g/mol. The van der Waals surface area contributed by atoms with Gasteiger partial charge in [-0.1, -0.05) is 37.3 Å². The Morgan fingerprint density at radius 2 is 1.80 bits per heavy atom. The largest absolute Gasteiger partial charge is 0.316 e. The van der Waals surface area contributed by atoms with Gasteiger partial charge in [0.05, 0.1) is 11.2 Å². The Hall–Kier alpha value is -2.35. The Morgan fingerprint density at radius 3 is 2.60 bits per heavy atom. The molecule has 0 N–H and O–H groups in total. The number of pyridine rings is 1. The quantitative estimate of drug-likeness (QED) is 0.688. The summed E-state index contributed by atoms with van der Waals surface area (Å²) in [6.07, 6.45) is 2.85. The Kier molecular flexibility index (Phi) is 3.15. The van der Waals surface area contributed by atoms with E-state index in [4.69, 9.17) is 0 Å². The van der Waals surface area contributed by atoms with Gasteiger partial charge in [-0.05, 0) is 36.6 Å². The number of hydrogen-bond acceptors (Lipinski definition) is 1. The molecule has 2 heteroatoms. The number of rotatable bonds is 2. The first-order valence-corrected chi connectivity index (χ1v) is 6.91. The van der Waals surface area contributed by atoms with Crippen LogP contribution in [0.4, 0.5) is 0 Å². The second-order valence-electron chi connectivity index (χ2n) is 5.00. The van der Waals surface area contributed by atoms with Crippen LogP contribution in [-0.4, -0.2) is 4.57 Å². The second-order valence-corrected chi connectivity index (χ2v) is 5.00. The van der Waals surface area contributed by atoms with Crippen molar-refractivity contribution in [2.75, 3.05) is 0 Å². The maximum absolute atomic E-state index is 12.0. The molecule has 0 bridgehead atoms. The van der Waals surface area contributed by atoms with Crippen LogP contribution in [0.25, 0.3) is 16.6 Å². The maximum atomic E-state index is 12.0. The van der Waals surface area contributed by atoms with Gasteiger partial charge in [-0.15, -0.1) is 0 Å². The maximum Gasteiger partial charge on any atom is 0.189 e. The summed E-state index contributed by atoms with van der Waals surface area (Å²) in [6, 6.07) is 15.8. The fourth-order valence-electron chi connectivity index (χ4n) is 2.75. The molecule has 0 aliphatic heterocycles. The molecule has 1 aromatic heterocycles. The molecule has 0 fully saturated rings. The molecule has 0 spiro atoms. The lowest BCUT2D eigenvalue weighted by molar-refractivity contribution is 1.01. The number of hydrogen-bond donors (Lipinski definition) is 0. The van der Waals surface area contributed by atoms with Gasteiger partial charge in [-0.2, -0.15) is 0 Å². The van der Waals surface area contributed by atoms with Crippen molar-refractivity contribution < 1.29 is 0 Å². The zero-order chi connectivity index (χ0) is 14.1. The van der Waals surface area contributed by atoms with Crippen molar-refractivity contribution in [1.29, 1.82) is 0 Å². The molecule has 0 atom stereocenters. The van der Waals surface area contributed by atoms with Gasteiger partial charge in [0, 0.05) is 17.6 Å². The lowest BCUT2D eigenvalue weighted by atomic mass is 10.0. The molecule has 3 aromatic rings. The van der Waals surface area contributed by atoms with Crippen LogP contribution in [0.1, 0.15) is 18.1 Å². The van der Waals surface area contributed by atoms with E-state index in [1.165, 1.54) is 16.8 Å². The molecule has 0 amide bonds. The molecule has 20 heavy (non-hydrogen) atoms. The third kappa shape index (κ3) is 1.94. The molecule has 100 valence electrons. The van der Waals surface area contributed by atoms with Crippen molar-refractivity contribution in [1.82, 2.24) is 4.57 Å². The molecule has 0 aliphatic rings. The standard InChI is InChI=1S/C18H17NO/c1-3-14-8-6-7-13(2)18(14)19-12-11-17(20)15-9-4-5-10-16(15)19/h4-12H,3H2,1-2H3. The zero-order valence-corrected chi connectivity index (χ0v) is 11.8. The highest BCUT2D eigenvalue weighted by molar-refractivity contribution is 5.81. The fourth-order valence-corrected chi connectivity index (χ4v) is 2.75. The normalized spacial score (nSPS) is 10.9. The summed E-state index contributed by atoms with van der Waals surface area (Å²) in [6.45, 7) is 4.27. The molecule has 2 nitrogen and oxygen atoms in total. The van der Waals surface area contributed by atoms with E-state index in [1.807, 2.05) is 30.5 Å². The number of para-hydroxylation sites is 2. The minimum atomic E-state index is 0.0727.